The molecule has 0 bridgehead atoms. The van der Waals surface area contributed by atoms with E-state index in [4.69, 9.17) is 5.11 Å². The molecule has 0 fully saturated rings. The van der Waals surface area contributed by atoms with Gasteiger partial charge in [0.2, 0.25) is 5.91 Å². The van der Waals surface area contributed by atoms with Crippen molar-refractivity contribution >= 4 is 23.9 Å². The van der Waals surface area contributed by atoms with Crippen LogP contribution in [-0.2, 0) is 14.4 Å². The Hall–Kier alpha value is -2.58. The lowest BCUT2D eigenvalue weighted by Crippen LogP contribution is -2.47. The minimum Gasteiger partial charge on any atom is -0.481 e. The lowest BCUT2D eigenvalue weighted by molar-refractivity contribution is -0.154. The first-order valence-electron chi connectivity index (χ1n) is 11.3. The predicted molar refractivity (Wildman–Crippen MR) is 117 cm³/mol. The zero-order valence-electron chi connectivity index (χ0n) is 18.3. The van der Waals surface area contributed by atoms with E-state index in [0.717, 1.165) is 44.9 Å². The van der Waals surface area contributed by atoms with Crippen LogP contribution < -0.4 is 10.6 Å². The van der Waals surface area contributed by atoms with Crippen LogP contribution in [0.3, 0.4) is 0 Å². The minimum atomic E-state index is -1.38. The number of urea groups is 1. The summed E-state index contributed by atoms with van der Waals surface area (Å²) in [7, 11) is 0. The van der Waals surface area contributed by atoms with Gasteiger partial charge in [-0.3, -0.25) is 9.59 Å². The molecule has 1 aliphatic rings. The molecule has 0 saturated heterocycles. The Balaban J connectivity index is 2.70. The first-order valence-corrected chi connectivity index (χ1v) is 11.3. The smallest absolute Gasteiger partial charge is 0.327 e. The third kappa shape index (κ3) is 12.7. The third-order valence-corrected chi connectivity index (χ3v) is 5.22. The number of nitrogens with zero attached hydrogens (tertiary/aromatic N) is 1. The molecule has 9 nitrogen and oxygen atoms in total. The van der Waals surface area contributed by atoms with Crippen LogP contribution in [0, 0.1) is 0 Å². The Morgan fingerprint density at radius 3 is 2.06 bits per heavy atom. The number of amides is 3. The number of carboxylic acids is 2. The SMILES string of the molecule is O=C(O)CC(C(=O)O)N1CCCCNC(=O)NCCCC/C=C\CCCCCCC1=O. The highest BCUT2D eigenvalue weighted by atomic mass is 16.4. The van der Waals surface area contributed by atoms with Gasteiger partial charge < -0.3 is 25.7 Å². The van der Waals surface area contributed by atoms with Crippen LogP contribution in [0.4, 0.5) is 4.79 Å². The van der Waals surface area contributed by atoms with E-state index in [2.05, 4.69) is 22.8 Å². The fourth-order valence-corrected chi connectivity index (χ4v) is 3.48. The number of hydrogen-bond acceptors (Lipinski definition) is 4. The molecule has 0 saturated carbocycles. The number of rotatable bonds is 4. The molecular weight excluding hydrogens is 402 g/mol. The number of aliphatic carboxylic acids is 2. The molecular formula is C22H37N3O6. The molecule has 0 radical (unpaired) electrons. The summed E-state index contributed by atoms with van der Waals surface area (Å²) in [5.41, 5.74) is 0. The van der Waals surface area contributed by atoms with Crippen molar-refractivity contribution in [3.63, 3.8) is 0 Å². The second-order valence-electron chi connectivity index (χ2n) is 7.85. The molecule has 1 aliphatic heterocycles. The molecule has 0 aromatic carbocycles. The Labute approximate surface area is 184 Å². The molecule has 3 amide bonds. The predicted octanol–water partition coefficient (Wildman–Crippen LogP) is 2.90. The van der Waals surface area contributed by atoms with Gasteiger partial charge in [-0.2, -0.15) is 0 Å². The monoisotopic (exact) mass is 439 g/mol. The summed E-state index contributed by atoms with van der Waals surface area (Å²) in [6.45, 7) is 1.15. The highest BCUT2D eigenvalue weighted by molar-refractivity contribution is 5.86. The molecule has 1 atom stereocenters. The average molecular weight is 440 g/mol. The Kier molecular flexibility index (Phi) is 13.8. The zero-order valence-corrected chi connectivity index (χ0v) is 18.3. The molecule has 1 heterocycles. The lowest BCUT2D eigenvalue weighted by Gasteiger charge is -2.28. The molecule has 1 rings (SSSR count). The van der Waals surface area contributed by atoms with E-state index in [1.165, 1.54) is 4.90 Å². The van der Waals surface area contributed by atoms with E-state index in [9.17, 15) is 24.3 Å². The zero-order chi connectivity index (χ0) is 22.9. The van der Waals surface area contributed by atoms with Gasteiger partial charge in [0.1, 0.15) is 6.04 Å². The van der Waals surface area contributed by atoms with E-state index >= 15 is 0 Å². The van der Waals surface area contributed by atoms with Crippen molar-refractivity contribution in [3.8, 4) is 0 Å². The Morgan fingerprint density at radius 2 is 1.45 bits per heavy atom. The summed E-state index contributed by atoms with van der Waals surface area (Å²) >= 11 is 0. The van der Waals surface area contributed by atoms with Gasteiger partial charge in [-0.1, -0.05) is 25.0 Å². The van der Waals surface area contributed by atoms with Crippen molar-refractivity contribution in [2.75, 3.05) is 19.6 Å². The van der Waals surface area contributed by atoms with Crippen LogP contribution in [0.5, 0.6) is 0 Å². The number of carbonyl (C=O) groups is 4. The number of nitrogens with one attached hydrogen (secondary N) is 2. The van der Waals surface area contributed by atoms with Gasteiger partial charge in [0, 0.05) is 26.1 Å². The molecule has 1 unspecified atom stereocenters. The second-order valence-corrected chi connectivity index (χ2v) is 7.85. The normalized spacial score (nSPS) is 21.1. The first kappa shape index (κ1) is 26.5. The standard InChI is InChI=1S/C22H37N3O6/c26-19-13-9-7-5-3-1-2-4-6-8-10-14-23-22(31)24-15-11-12-16-25(19)18(21(29)30)17-20(27)28/h2,4,18H,1,3,5-17H2,(H,27,28)(H,29,30)(H2,23,24,31)/b4-2-. The molecule has 4 N–H and O–H groups in total. The van der Waals surface area contributed by atoms with Crippen LogP contribution in [0.15, 0.2) is 12.2 Å². The van der Waals surface area contributed by atoms with Gasteiger partial charge in [-0.25, -0.2) is 9.59 Å². The van der Waals surface area contributed by atoms with E-state index in [1.807, 2.05) is 0 Å². The number of hydrogen-bond donors (Lipinski definition) is 4. The summed E-state index contributed by atoms with van der Waals surface area (Å²) in [4.78, 5) is 48.4. The van der Waals surface area contributed by atoms with Crippen molar-refractivity contribution in [2.45, 2.75) is 83.1 Å². The molecule has 0 aliphatic carbocycles. The van der Waals surface area contributed by atoms with Crippen LogP contribution >= 0.6 is 0 Å². The fraction of sp³-hybridized carbons (Fsp3) is 0.727. The summed E-state index contributed by atoms with van der Waals surface area (Å²) in [6.07, 6.45) is 12.4. The van der Waals surface area contributed by atoms with Crippen molar-refractivity contribution in [1.82, 2.24) is 15.5 Å². The molecule has 0 aromatic heterocycles. The maximum absolute atomic E-state index is 12.7. The average Bonchev–Trinajstić information content (AvgIpc) is 2.71. The maximum Gasteiger partial charge on any atom is 0.327 e. The van der Waals surface area contributed by atoms with Gasteiger partial charge in [0.05, 0.1) is 6.42 Å². The largest absolute Gasteiger partial charge is 0.481 e. The summed E-state index contributed by atoms with van der Waals surface area (Å²) in [6, 6.07) is -1.63. The summed E-state index contributed by atoms with van der Waals surface area (Å²) in [5, 5.41) is 24.1. The number of carboxylic acid groups (broad SMARTS) is 2. The van der Waals surface area contributed by atoms with Crippen molar-refractivity contribution in [1.29, 1.82) is 0 Å². The topological polar surface area (TPSA) is 136 Å². The Bertz CT molecular complexity index is 608. The Morgan fingerprint density at radius 1 is 0.871 bits per heavy atom. The van der Waals surface area contributed by atoms with Gasteiger partial charge in [0.25, 0.3) is 0 Å². The van der Waals surface area contributed by atoms with Crippen molar-refractivity contribution in [3.05, 3.63) is 12.2 Å². The molecule has 0 spiro atoms. The molecule has 31 heavy (non-hydrogen) atoms. The van der Waals surface area contributed by atoms with Gasteiger partial charge in [-0.15, -0.1) is 0 Å². The second kappa shape index (κ2) is 16.2. The van der Waals surface area contributed by atoms with E-state index in [1.54, 1.807) is 0 Å². The fourth-order valence-electron chi connectivity index (χ4n) is 3.48. The first-order chi connectivity index (χ1) is 14.9. The summed E-state index contributed by atoms with van der Waals surface area (Å²) < 4.78 is 0. The molecule has 9 heteroatoms. The molecule has 0 aromatic rings. The van der Waals surface area contributed by atoms with Gasteiger partial charge in [0.15, 0.2) is 0 Å². The minimum absolute atomic E-state index is 0.150. The van der Waals surface area contributed by atoms with Crippen LogP contribution in [-0.4, -0.2) is 64.7 Å². The highest BCUT2D eigenvalue weighted by Crippen LogP contribution is 2.13. The van der Waals surface area contributed by atoms with Crippen LogP contribution in [0.1, 0.15) is 77.0 Å². The number of allylic oxidation sites excluding steroid dienone is 2. The lowest BCUT2D eigenvalue weighted by atomic mass is 10.1. The van der Waals surface area contributed by atoms with E-state index in [-0.39, 0.29) is 24.9 Å². The quantitative estimate of drug-likeness (QED) is 0.497. The summed E-state index contributed by atoms with van der Waals surface area (Å²) in [5.74, 6) is -2.90. The third-order valence-electron chi connectivity index (χ3n) is 5.22. The van der Waals surface area contributed by atoms with Gasteiger partial charge >= 0.3 is 18.0 Å². The van der Waals surface area contributed by atoms with E-state index in [0.29, 0.717) is 32.4 Å². The highest BCUT2D eigenvalue weighted by Gasteiger charge is 2.31. The number of carbonyl (C=O) groups excluding carboxylic acids is 2. The molecule has 176 valence electrons. The maximum atomic E-state index is 12.7. The van der Waals surface area contributed by atoms with Gasteiger partial charge in [-0.05, 0) is 51.4 Å². The van der Waals surface area contributed by atoms with Crippen LogP contribution in [0.2, 0.25) is 0 Å². The van der Waals surface area contributed by atoms with Crippen LogP contribution in [0.25, 0.3) is 0 Å². The van der Waals surface area contributed by atoms with Crippen molar-refractivity contribution < 1.29 is 29.4 Å². The van der Waals surface area contributed by atoms with E-state index < -0.39 is 24.4 Å². The van der Waals surface area contributed by atoms with Crippen molar-refractivity contribution in [2.24, 2.45) is 0 Å².